The van der Waals surface area contributed by atoms with Crippen LogP contribution in [0.5, 0.6) is 5.75 Å². The summed E-state index contributed by atoms with van der Waals surface area (Å²) in [5.74, 6) is 2.53. The summed E-state index contributed by atoms with van der Waals surface area (Å²) in [6.07, 6.45) is 0. The third-order valence-electron chi connectivity index (χ3n) is 4.45. The number of rotatable bonds is 6. The van der Waals surface area contributed by atoms with E-state index in [4.69, 9.17) is 4.74 Å². The van der Waals surface area contributed by atoms with Gasteiger partial charge in [-0.2, -0.15) is 0 Å². The van der Waals surface area contributed by atoms with Crippen molar-refractivity contribution in [3.8, 4) is 22.8 Å². The van der Waals surface area contributed by atoms with E-state index in [1.54, 1.807) is 18.9 Å². The zero-order valence-corrected chi connectivity index (χ0v) is 16.7. The molecule has 0 aliphatic carbocycles. The first-order valence-electron chi connectivity index (χ1n) is 9.08. The molecule has 3 aromatic carbocycles. The number of nitrogens with zero attached hydrogens (tertiary/aromatic N) is 3. The Balaban J connectivity index is 1.68. The van der Waals surface area contributed by atoms with Gasteiger partial charge in [0.2, 0.25) is 0 Å². The predicted octanol–water partition coefficient (Wildman–Crippen LogP) is 5.54. The fourth-order valence-electron chi connectivity index (χ4n) is 3.01. The lowest BCUT2D eigenvalue weighted by Gasteiger charge is -2.11. The van der Waals surface area contributed by atoms with Gasteiger partial charge in [0.15, 0.2) is 11.0 Å². The Kier molecular flexibility index (Phi) is 5.44. The molecule has 0 aliphatic heterocycles. The summed E-state index contributed by atoms with van der Waals surface area (Å²) in [7, 11) is 1.68. The topological polar surface area (TPSA) is 39.9 Å². The number of para-hydroxylation sites is 1. The highest BCUT2D eigenvalue weighted by Crippen LogP contribution is 2.30. The third-order valence-corrected chi connectivity index (χ3v) is 5.45. The molecular formula is C23H21N3OS. The Hall–Kier alpha value is -3.05. The molecule has 140 valence electrons. The van der Waals surface area contributed by atoms with Crippen LogP contribution in [0.3, 0.4) is 0 Å². The predicted molar refractivity (Wildman–Crippen MR) is 114 cm³/mol. The maximum atomic E-state index is 5.24. The van der Waals surface area contributed by atoms with Gasteiger partial charge in [-0.1, -0.05) is 65.9 Å². The lowest BCUT2D eigenvalue weighted by atomic mass is 10.1. The fourth-order valence-corrected chi connectivity index (χ4v) is 3.92. The number of hydrogen-bond acceptors (Lipinski definition) is 4. The molecule has 4 rings (SSSR count). The number of aromatic nitrogens is 3. The van der Waals surface area contributed by atoms with Crippen LogP contribution in [0.1, 0.15) is 11.1 Å². The van der Waals surface area contributed by atoms with Gasteiger partial charge in [0.05, 0.1) is 7.11 Å². The van der Waals surface area contributed by atoms with Crippen LogP contribution in [0.15, 0.2) is 84.0 Å². The average molecular weight is 388 g/mol. The molecule has 4 aromatic rings. The standard InChI is InChI=1S/C23H21N3OS/c1-17-7-6-8-19(15-17)22-24-25-23(26(22)20-9-4-3-5-10-20)28-16-18-11-13-21(27-2)14-12-18/h3-15H,16H2,1-2H3. The summed E-state index contributed by atoms with van der Waals surface area (Å²) in [6.45, 7) is 2.09. The lowest BCUT2D eigenvalue weighted by Crippen LogP contribution is -1.99. The van der Waals surface area contributed by atoms with E-state index >= 15 is 0 Å². The fraction of sp³-hybridized carbons (Fsp3) is 0.130. The smallest absolute Gasteiger partial charge is 0.196 e. The van der Waals surface area contributed by atoms with E-state index in [2.05, 4.69) is 70.2 Å². The SMILES string of the molecule is COc1ccc(CSc2nnc(-c3cccc(C)c3)n2-c2ccccc2)cc1. The van der Waals surface area contributed by atoms with Crippen molar-refractivity contribution >= 4 is 11.8 Å². The Morgan fingerprint density at radius 2 is 1.68 bits per heavy atom. The molecule has 0 atom stereocenters. The van der Waals surface area contributed by atoms with Crippen molar-refractivity contribution in [3.05, 3.63) is 90.0 Å². The highest BCUT2D eigenvalue weighted by Gasteiger charge is 2.16. The van der Waals surface area contributed by atoms with Crippen LogP contribution in [0.2, 0.25) is 0 Å². The van der Waals surface area contributed by atoms with Crippen molar-refractivity contribution in [2.45, 2.75) is 17.8 Å². The van der Waals surface area contributed by atoms with Crippen molar-refractivity contribution in [1.82, 2.24) is 14.8 Å². The van der Waals surface area contributed by atoms with Crippen molar-refractivity contribution in [2.75, 3.05) is 7.11 Å². The lowest BCUT2D eigenvalue weighted by molar-refractivity contribution is 0.414. The summed E-state index contributed by atoms with van der Waals surface area (Å²) < 4.78 is 7.37. The van der Waals surface area contributed by atoms with Gasteiger partial charge in [-0.3, -0.25) is 4.57 Å². The maximum absolute atomic E-state index is 5.24. The quantitative estimate of drug-likeness (QED) is 0.407. The Morgan fingerprint density at radius 1 is 0.893 bits per heavy atom. The van der Waals surface area contributed by atoms with Crippen LogP contribution < -0.4 is 4.74 Å². The Morgan fingerprint density at radius 3 is 2.39 bits per heavy atom. The van der Waals surface area contributed by atoms with E-state index in [1.165, 1.54) is 11.1 Å². The van der Waals surface area contributed by atoms with Crippen LogP contribution in [0, 0.1) is 6.92 Å². The number of hydrogen-bond donors (Lipinski definition) is 0. The monoisotopic (exact) mass is 387 g/mol. The first kappa shape index (κ1) is 18.3. The molecule has 4 nitrogen and oxygen atoms in total. The Labute approximate surface area is 169 Å². The molecule has 0 unspecified atom stereocenters. The zero-order valence-electron chi connectivity index (χ0n) is 15.9. The molecule has 0 amide bonds. The van der Waals surface area contributed by atoms with Crippen LogP contribution in [0.25, 0.3) is 17.1 Å². The average Bonchev–Trinajstić information content (AvgIpc) is 3.17. The maximum Gasteiger partial charge on any atom is 0.196 e. The minimum Gasteiger partial charge on any atom is -0.497 e. The van der Waals surface area contributed by atoms with Crippen molar-refractivity contribution in [1.29, 1.82) is 0 Å². The van der Waals surface area contributed by atoms with E-state index < -0.39 is 0 Å². The molecule has 0 radical (unpaired) electrons. The van der Waals surface area contributed by atoms with Gasteiger partial charge in [-0.15, -0.1) is 10.2 Å². The van der Waals surface area contributed by atoms with Gasteiger partial charge in [-0.05, 0) is 42.8 Å². The molecule has 1 aromatic heterocycles. The van der Waals surface area contributed by atoms with Gasteiger partial charge >= 0.3 is 0 Å². The van der Waals surface area contributed by atoms with E-state index in [9.17, 15) is 0 Å². The number of benzene rings is 3. The second-order valence-electron chi connectivity index (χ2n) is 6.48. The summed E-state index contributed by atoms with van der Waals surface area (Å²) >= 11 is 1.68. The summed E-state index contributed by atoms with van der Waals surface area (Å²) in [5, 5.41) is 9.89. The molecule has 0 fully saturated rings. The van der Waals surface area contributed by atoms with Gasteiger partial charge in [0.1, 0.15) is 5.75 Å². The summed E-state index contributed by atoms with van der Waals surface area (Å²) in [6, 6.07) is 26.7. The highest BCUT2D eigenvalue weighted by atomic mass is 32.2. The molecule has 0 aliphatic rings. The van der Waals surface area contributed by atoms with Gasteiger partial charge in [0.25, 0.3) is 0 Å². The van der Waals surface area contributed by atoms with Crippen molar-refractivity contribution in [2.24, 2.45) is 0 Å². The number of aryl methyl sites for hydroxylation is 1. The largest absolute Gasteiger partial charge is 0.497 e. The van der Waals surface area contributed by atoms with Gasteiger partial charge in [0, 0.05) is 17.0 Å². The minimum absolute atomic E-state index is 0.808. The molecule has 0 N–H and O–H groups in total. The van der Waals surface area contributed by atoms with E-state index in [0.29, 0.717) is 0 Å². The molecule has 0 spiro atoms. The molecule has 5 heteroatoms. The second kappa shape index (κ2) is 8.31. The molecular weight excluding hydrogens is 366 g/mol. The Bertz CT molecular complexity index is 1060. The number of methoxy groups -OCH3 is 1. The second-order valence-corrected chi connectivity index (χ2v) is 7.43. The van der Waals surface area contributed by atoms with Gasteiger partial charge in [-0.25, -0.2) is 0 Å². The van der Waals surface area contributed by atoms with Crippen LogP contribution >= 0.6 is 11.8 Å². The first-order valence-corrected chi connectivity index (χ1v) is 10.1. The number of thioether (sulfide) groups is 1. The van der Waals surface area contributed by atoms with Crippen molar-refractivity contribution < 1.29 is 4.74 Å². The van der Waals surface area contributed by atoms with Gasteiger partial charge < -0.3 is 4.74 Å². The van der Waals surface area contributed by atoms with Crippen LogP contribution in [0.4, 0.5) is 0 Å². The van der Waals surface area contributed by atoms with Crippen LogP contribution in [-0.4, -0.2) is 21.9 Å². The van der Waals surface area contributed by atoms with Crippen molar-refractivity contribution in [3.63, 3.8) is 0 Å². The van der Waals surface area contributed by atoms with Crippen LogP contribution in [-0.2, 0) is 5.75 Å². The van der Waals surface area contributed by atoms with E-state index in [1.807, 2.05) is 30.3 Å². The molecule has 1 heterocycles. The molecule has 0 saturated heterocycles. The van der Waals surface area contributed by atoms with E-state index in [0.717, 1.165) is 33.7 Å². The normalized spacial score (nSPS) is 10.8. The summed E-state index contributed by atoms with van der Waals surface area (Å²) in [5.41, 5.74) is 4.53. The molecule has 0 saturated carbocycles. The zero-order chi connectivity index (χ0) is 19.3. The third kappa shape index (κ3) is 3.94. The highest BCUT2D eigenvalue weighted by molar-refractivity contribution is 7.98. The van der Waals surface area contributed by atoms with E-state index in [-0.39, 0.29) is 0 Å². The molecule has 0 bridgehead atoms. The summed E-state index contributed by atoms with van der Waals surface area (Å²) in [4.78, 5) is 0. The first-order chi connectivity index (χ1) is 13.7. The number of ether oxygens (including phenoxy) is 1. The minimum atomic E-state index is 0.808. The molecule has 28 heavy (non-hydrogen) atoms.